The highest BCUT2D eigenvalue weighted by Gasteiger charge is 2.26. The van der Waals surface area contributed by atoms with Crippen LogP contribution >= 0.6 is 23.2 Å². The average Bonchev–Trinajstić information content (AvgIpc) is 3.22. The lowest BCUT2D eigenvalue weighted by molar-refractivity contribution is 0.193. The van der Waals surface area contributed by atoms with Gasteiger partial charge in [0.05, 0.1) is 16.7 Å². The molecule has 0 saturated heterocycles. The number of hydrogen-bond donors (Lipinski definition) is 2. The van der Waals surface area contributed by atoms with Crippen LogP contribution in [-0.2, 0) is 0 Å². The number of nitrogen functional groups attached to an aromatic ring is 1. The highest BCUT2D eigenvalue weighted by atomic mass is 35.5. The van der Waals surface area contributed by atoms with Crippen molar-refractivity contribution < 1.29 is 18.3 Å². The number of nitrogens with zero attached hydrogens (tertiary/aromatic N) is 2. The zero-order valence-electron chi connectivity index (χ0n) is 19.9. The van der Waals surface area contributed by atoms with E-state index in [-0.39, 0.29) is 33.2 Å². The van der Waals surface area contributed by atoms with Crippen LogP contribution in [0.25, 0.3) is 16.5 Å². The first kappa shape index (κ1) is 25.1. The molecule has 1 aliphatic heterocycles. The molecule has 2 amide bonds. The van der Waals surface area contributed by atoms with E-state index in [4.69, 9.17) is 38.1 Å². The Labute approximate surface area is 213 Å². The Balaban J connectivity index is 1.61. The van der Waals surface area contributed by atoms with Gasteiger partial charge in [-0.05, 0) is 51.8 Å². The van der Waals surface area contributed by atoms with Gasteiger partial charge in [0.1, 0.15) is 11.9 Å². The summed E-state index contributed by atoms with van der Waals surface area (Å²) in [5, 5.41) is 3.86. The number of benzene rings is 1. The molecule has 1 atom stereocenters. The smallest absolute Gasteiger partial charge is 0.318 e. The molecule has 0 aliphatic carbocycles. The second-order valence-electron chi connectivity index (χ2n) is 9.49. The van der Waals surface area contributed by atoms with Crippen LogP contribution in [0.15, 0.2) is 35.1 Å². The summed E-state index contributed by atoms with van der Waals surface area (Å²) in [5.41, 5.74) is 8.40. The normalized spacial score (nSPS) is 15.2. The second kappa shape index (κ2) is 9.59. The quantitative estimate of drug-likeness (QED) is 0.378. The van der Waals surface area contributed by atoms with Gasteiger partial charge in [-0.3, -0.25) is 0 Å². The minimum Gasteiger partial charge on any atom is -0.478 e. The van der Waals surface area contributed by atoms with Gasteiger partial charge in [0.2, 0.25) is 5.75 Å². The summed E-state index contributed by atoms with van der Waals surface area (Å²) in [6.07, 6.45) is 5.18. The van der Waals surface area contributed by atoms with Gasteiger partial charge in [-0.2, -0.15) is 0 Å². The molecule has 0 fully saturated rings. The summed E-state index contributed by atoms with van der Waals surface area (Å²) >= 11 is 12.4. The van der Waals surface area contributed by atoms with Gasteiger partial charge >= 0.3 is 6.03 Å². The largest absolute Gasteiger partial charge is 0.478 e. The fourth-order valence-corrected chi connectivity index (χ4v) is 4.67. The minimum absolute atomic E-state index is 0.0985. The van der Waals surface area contributed by atoms with E-state index in [1.54, 1.807) is 24.3 Å². The molecule has 0 spiro atoms. The van der Waals surface area contributed by atoms with Crippen LogP contribution in [0, 0.1) is 5.82 Å². The number of fused-ring (bicyclic) bond motifs is 1. The van der Waals surface area contributed by atoms with Crippen LogP contribution in [0.2, 0.25) is 10.0 Å². The Hall–Kier alpha value is -2.97. The minimum atomic E-state index is -0.724. The third-order valence-electron chi connectivity index (χ3n) is 5.71. The highest BCUT2D eigenvalue weighted by Crippen LogP contribution is 2.41. The molecule has 0 unspecified atom stereocenters. The molecule has 0 saturated carbocycles. The van der Waals surface area contributed by atoms with E-state index in [9.17, 15) is 9.18 Å². The molecule has 186 valence electrons. The summed E-state index contributed by atoms with van der Waals surface area (Å²) in [7, 11) is 0. The standard InChI is InChI=1S/C25H27Cl2FN4O3/c1-13(19-17(26)5-6-18(28)20(19)27)35-22-21-15(11-30-23(22)29)16(12-34-21)14-7-9-32(10-8-14)24(33)31-25(2,3)4/h5-7,11-13H,8-10H2,1-4H3,(H2,29,30)(H,31,33)/t13-/m1/s1. The predicted octanol–water partition coefficient (Wildman–Crippen LogP) is 6.59. The summed E-state index contributed by atoms with van der Waals surface area (Å²) < 4.78 is 25.9. The van der Waals surface area contributed by atoms with Gasteiger partial charge < -0.3 is 25.1 Å². The van der Waals surface area contributed by atoms with Gasteiger partial charge in [-0.15, -0.1) is 0 Å². The van der Waals surface area contributed by atoms with Crippen molar-refractivity contribution in [3.8, 4) is 5.75 Å². The molecule has 3 aromatic rings. The number of urea groups is 1. The number of hydrogen-bond acceptors (Lipinski definition) is 5. The number of aromatic nitrogens is 1. The topological polar surface area (TPSA) is 93.6 Å². The number of anilines is 1. The number of nitrogens with two attached hydrogens (primary N) is 1. The summed E-state index contributed by atoms with van der Waals surface area (Å²) in [5.74, 6) is -0.252. The maximum absolute atomic E-state index is 14.0. The van der Waals surface area contributed by atoms with Crippen LogP contribution in [0.1, 0.15) is 51.3 Å². The lowest BCUT2D eigenvalue weighted by Gasteiger charge is -2.30. The van der Waals surface area contributed by atoms with Gasteiger partial charge in [-0.25, -0.2) is 14.2 Å². The zero-order chi connectivity index (χ0) is 25.5. The number of rotatable bonds is 4. The van der Waals surface area contributed by atoms with E-state index < -0.39 is 11.9 Å². The predicted molar refractivity (Wildman–Crippen MR) is 136 cm³/mol. The molecular weight excluding hydrogens is 494 g/mol. The van der Waals surface area contributed by atoms with Crippen LogP contribution in [0.3, 0.4) is 0 Å². The third kappa shape index (κ3) is 5.18. The Morgan fingerprint density at radius 1 is 1.34 bits per heavy atom. The fraction of sp³-hybridized carbons (Fsp3) is 0.360. The Kier molecular flexibility index (Phi) is 6.88. The van der Waals surface area contributed by atoms with Crippen molar-refractivity contribution in [3.63, 3.8) is 0 Å². The van der Waals surface area contributed by atoms with E-state index in [0.717, 1.165) is 16.5 Å². The van der Waals surface area contributed by atoms with Crippen LogP contribution in [-0.4, -0.2) is 34.5 Å². The van der Waals surface area contributed by atoms with Crippen molar-refractivity contribution in [3.05, 3.63) is 57.7 Å². The number of halogens is 3. The van der Waals surface area contributed by atoms with E-state index in [1.165, 1.54) is 12.1 Å². The van der Waals surface area contributed by atoms with Crippen molar-refractivity contribution in [1.82, 2.24) is 15.2 Å². The molecule has 1 aliphatic rings. The second-order valence-corrected chi connectivity index (χ2v) is 10.3. The number of carbonyl (C=O) groups excluding carboxylic acids is 1. The maximum Gasteiger partial charge on any atom is 0.318 e. The Morgan fingerprint density at radius 3 is 2.74 bits per heavy atom. The molecule has 10 heteroatoms. The van der Waals surface area contributed by atoms with Crippen molar-refractivity contribution in [2.24, 2.45) is 0 Å². The van der Waals surface area contributed by atoms with Gasteiger partial charge in [0, 0.05) is 41.0 Å². The number of amides is 2. The molecule has 35 heavy (non-hydrogen) atoms. The van der Waals surface area contributed by atoms with Crippen molar-refractivity contribution in [2.45, 2.75) is 45.8 Å². The van der Waals surface area contributed by atoms with Crippen LogP contribution in [0.5, 0.6) is 5.75 Å². The van der Waals surface area contributed by atoms with Crippen LogP contribution in [0.4, 0.5) is 15.0 Å². The van der Waals surface area contributed by atoms with Gasteiger partial charge in [0.15, 0.2) is 11.4 Å². The highest BCUT2D eigenvalue weighted by molar-refractivity contribution is 6.36. The van der Waals surface area contributed by atoms with Crippen molar-refractivity contribution >= 4 is 51.6 Å². The number of carbonyl (C=O) groups is 1. The number of ether oxygens (including phenoxy) is 1. The number of pyridine rings is 1. The molecule has 3 N–H and O–H groups in total. The van der Waals surface area contributed by atoms with E-state index in [1.807, 2.05) is 26.8 Å². The lowest BCUT2D eigenvalue weighted by atomic mass is 9.99. The molecule has 1 aromatic carbocycles. The SMILES string of the molecule is C[C@@H](Oc1c(N)ncc2c(C3=CCN(C(=O)NC(C)(C)C)CC3)coc12)c1c(Cl)ccc(F)c1Cl. The van der Waals surface area contributed by atoms with Crippen molar-refractivity contribution in [1.29, 1.82) is 0 Å². The molecule has 2 aromatic heterocycles. The lowest BCUT2D eigenvalue weighted by Crippen LogP contribution is -2.49. The van der Waals surface area contributed by atoms with Crippen molar-refractivity contribution in [2.75, 3.05) is 18.8 Å². The first-order chi connectivity index (χ1) is 16.5. The van der Waals surface area contributed by atoms with Crippen LogP contribution < -0.4 is 15.8 Å². The molecule has 0 radical (unpaired) electrons. The van der Waals surface area contributed by atoms with Gasteiger partial charge in [-0.1, -0.05) is 29.3 Å². The summed E-state index contributed by atoms with van der Waals surface area (Å²) in [4.78, 5) is 18.5. The van der Waals surface area contributed by atoms with E-state index >= 15 is 0 Å². The summed E-state index contributed by atoms with van der Waals surface area (Å²) in [6.45, 7) is 8.58. The molecule has 7 nitrogen and oxygen atoms in total. The first-order valence-corrected chi connectivity index (χ1v) is 11.9. The summed E-state index contributed by atoms with van der Waals surface area (Å²) in [6, 6.07) is 2.52. The van der Waals surface area contributed by atoms with Gasteiger partial charge in [0.25, 0.3) is 0 Å². The first-order valence-electron chi connectivity index (χ1n) is 11.2. The Bertz CT molecular complexity index is 1320. The monoisotopic (exact) mass is 520 g/mol. The van der Waals surface area contributed by atoms with E-state index in [2.05, 4.69) is 10.3 Å². The fourth-order valence-electron chi connectivity index (χ4n) is 3.99. The molecule has 3 heterocycles. The number of nitrogens with one attached hydrogen (secondary N) is 1. The number of furan rings is 1. The zero-order valence-corrected chi connectivity index (χ0v) is 21.4. The average molecular weight is 521 g/mol. The molecule has 4 rings (SSSR count). The van der Waals surface area contributed by atoms with E-state index in [0.29, 0.717) is 30.7 Å². The molecule has 0 bridgehead atoms. The third-order valence-corrected chi connectivity index (χ3v) is 6.42. The molecular formula is C25H27Cl2FN4O3. The Morgan fingerprint density at radius 2 is 2.09 bits per heavy atom. The maximum atomic E-state index is 14.0.